The highest BCUT2D eigenvalue weighted by molar-refractivity contribution is 6.03. The molecule has 1 aliphatic rings. The average molecular weight is 368 g/mol. The molecule has 0 bridgehead atoms. The number of rotatable bonds is 5. The van der Waals surface area contributed by atoms with Crippen molar-refractivity contribution in [1.29, 1.82) is 0 Å². The molecule has 0 fully saturated rings. The summed E-state index contributed by atoms with van der Waals surface area (Å²) in [4.78, 5) is 16.7. The second kappa shape index (κ2) is 6.87. The van der Waals surface area contributed by atoms with Crippen LogP contribution in [0.3, 0.4) is 0 Å². The van der Waals surface area contributed by atoms with Crippen molar-refractivity contribution in [2.75, 3.05) is 26.3 Å². The molecule has 9 heteroatoms. The van der Waals surface area contributed by atoms with Crippen LogP contribution in [0.25, 0.3) is 11.4 Å². The Labute approximate surface area is 154 Å². The van der Waals surface area contributed by atoms with Crippen LogP contribution in [0.1, 0.15) is 10.4 Å². The van der Waals surface area contributed by atoms with E-state index in [9.17, 15) is 4.79 Å². The Kier molecular flexibility index (Phi) is 4.25. The molecule has 1 amide bonds. The van der Waals surface area contributed by atoms with Crippen LogP contribution in [0.5, 0.6) is 23.0 Å². The largest absolute Gasteiger partial charge is 0.497 e. The number of carbonyl (C=O) groups is 1. The maximum Gasteiger partial charge on any atom is 0.258 e. The first kappa shape index (κ1) is 16.7. The number of hydrogen-bond donors (Lipinski definition) is 2. The van der Waals surface area contributed by atoms with Crippen LogP contribution < -0.4 is 24.3 Å². The van der Waals surface area contributed by atoms with Crippen LogP contribution in [0.15, 0.2) is 36.4 Å². The molecule has 3 aromatic rings. The summed E-state index contributed by atoms with van der Waals surface area (Å²) in [5, 5.41) is 9.47. The van der Waals surface area contributed by atoms with Crippen LogP contribution >= 0.6 is 0 Å². The van der Waals surface area contributed by atoms with Gasteiger partial charge >= 0.3 is 0 Å². The Bertz CT molecular complexity index is 1000. The van der Waals surface area contributed by atoms with E-state index in [1.54, 1.807) is 50.6 Å². The molecule has 1 aromatic heterocycles. The smallest absolute Gasteiger partial charge is 0.258 e. The number of H-pyrrole nitrogens is 1. The number of carbonyl (C=O) groups excluding carboxylic acids is 1. The molecule has 9 nitrogen and oxygen atoms in total. The minimum atomic E-state index is -0.361. The Morgan fingerprint density at radius 3 is 2.78 bits per heavy atom. The van der Waals surface area contributed by atoms with E-state index in [2.05, 4.69) is 20.5 Å². The number of ether oxygens (including phenoxy) is 4. The number of anilines is 1. The van der Waals surface area contributed by atoms with Crippen LogP contribution in [0.4, 0.5) is 5.95 Å². The van der Waals surface area contributed by atoms with Gasteiger partial charge in [-0.3, -0.25) is 15.2 Å². The standard InChI is InChI=1S/C18H16N4O5/c1-24-11-4-5-12(14(8-11)25-2)16-19-18(22-21-16)20-17(23)10-3-6-13-15(7-10)27-9-26-13/h3-8H,9H2,1-2H3,(H2,19,20,21,22,23). The number of aromatic amines is 1. The van der Waals surface area contributed by atoms with E-state index >= 15 is 0 Å². The fraction of sp³-hybridized carbons (Fsp3) is 0.167. The Hall–Kier alpha value is -3.75. The summed E-state index contributed by atoms with van der Waals surface area (Å²) in [7, 11) is 3.13. The molecule has 4 rings (SSSR count). The summed E-state index contributed by atoms with van der Waals surface area (Å²) in [6.45, 7) is 0.147. The topological polar surface area (TPSA) is 108 Å². The minimum absolute atomic E-state index is 0.144. The molecule has 0 atom stereocenters. The summed E-state index contributed by atoms with van der Waals surface area (Å²) in [6.07, 6.45) is 0. The Balaban J connectivity index is 1.54. The van der Waals surface area contributed by atoms with Crippen molar-refractivity contribution in [3.63, 3.8) is 0 Å². The van der Waals surface area contributed by atoms with Crippen LogP contribution in [-0.2, 0) is 0 Å². The van der Waals surface area contributed by atoms with Gasteiger partial charge in [0.25, 0.3) is 5.91 Å². The van der Waals surface area contributed by atoms with Gasteiger partial charge in [0, 0.05) is 11.6 Å². The zero-order valence-corrected chi connectivity index (χ0v) is 14.6. The van der Waals surface area contributed by atoms with Crippen LogP contribution in [0.2, 0.25) is 0 Å². The summed E-state index contributed by atoms with van der Waals surface area (Å²) in [5.74, 6) is 2.60. The molecule has 27 heavy (non-hydrogen) atoms. The second-order valence-corrected chi connectivity index (χ2v) is 5.60. The van der Waals surface area contributed by atoms with E-state index in [0.717, 1.165) is 0 Å². The van der Waals surface area contributed by atoms with Gasteiger partial charge in [0.1, 0.15) is 11.5 Å². The van der Waals surface area contributed by atoms with Crippen molar-refractivity contribution in [2.24, 2.45) is 0 Å². The van der Waals surface area contributed by atoms with E-state index in [0.29, 0.717) is 39.9 Å². The quantitative estimate of drug-likeness (QED) is 0.712. The molecule has 0 aliphatic carbocycles. The van der Waals surface area contributed by atoms with Gasteiger partial charge in [-0.15, -0.1) is 5.10 Å². The van der Waals surface area contributed by atoms with E-state index in [-0.39, 0.29) is 18.6 Å². The van der Waals surface area contributed by atoms with E-state index in [4.69, 9.17) is 18.9 Å². The van der Waals surface area contributed by atoms with Gasteiger partial charge in [-0.25, -0.2) is 0 Å². The predicted octanol–water partition coefficient (Wildman–Crippen LogP) is 2.47. The predicted molar refractivity (Wildman–Crippen MR) is 95.4 cm³/mol. The maximum atomic E-state index is 12.4. The third-order valence-electron chi connectivity index (χ3n) is 4.01. The summed E-state index contributed by atoms with van der Waals surface area (Å²) in [6, 6.07) is 10.2. The molecule has 0 radical (unpaired) electrons. The monoisotopic (exact) mass is 368 g/mol. The van der Waals surface area contributed by atoms with Crippen molar-refractivity contribution in [1.82, 2.24) is 15.2 Å². The molecular formula is C18H16N4O5. The van der Waals surface area contributed by atoms with E-state index in [1.807, 2.05) is 0 Å². The Morgan fingerprint density at radius 1 is 1.11 bits per heavy atom. The number of hydrogen-bond acceptors (Lipinski definition) is 7. The Morgan fingerprint density at radius 2 is 1.96 bits per heavy atom. The van der Waals surface area contributed by atoms with E-state index < -0.39 is 0 Å². The highest BCUT2D eigenvalue weighted by atomic mass is 16.7. The van der Waals surface area contributed by atoms with Gasteiger partial charge in [0.15, 0.2) is 17.3 Å². The number of nitrogens with one attached hydrogen (secondary N) is 2. The molecule has 0 saturated carbocycles. The van der Waals surface area contributed by atoms with Gasteiger partial charge in [0.05, 0.1) is 19.8 Å². The SMILES string of the molecule is COc1ccc(-c2nc(NC(=O)c3ccc4c(c3)OCO4)n[nH]2)c(OC)c1. The maximum absolute atomic E-state index is 12.4. The van der Waals surface area contributed by atoms with Gasteiger partial charge in [-0.2, -0.15) is 4.98 Å². The van der Waals surface area contributed by atoms with Crippen LogP contribution in [-0.4, -0.2) is 42.1 Å². The normalized spacial score (nSPS) is 11.9. The fourth-order valence-corrected chi connectivity index (χ4v) is 2.64. The molecular weight excluding hydrogens is 352 g/mol. The zero-order valence-electron chi connectivity index (χ0n) is 14.6. The third kappa shape index (κ3) is 3.22. The summed E-state index contributed by atoms with van der Waals surface area (Å²) >= 11 is 0. The summed E-state index contributed by atoms with van der Waals surface area (Å²) < 4.78 is 21.1. The first-order valence-corrected chi connectivity index (χ1v) is 8.03. The van der Waals surface area contributed by atoms with Gasteiger partial charge < -0.3 is 18.9 Å². The number of benzene rings is 2. The van der Waals surface area contributed by atoms with Crippen molar-refractivity contribution in [2.45, 2.75) is 0 Å². The number of methoxy groups -OCH3 is 2. The second-order valence-electron chi connectivity index (χ2n) is 5.60. The van der Waals surface area contributed by atoms with Crippen molar-refractivity contribution in [3.8, 4) is 34.4 Å². The number of amides is 1. The fourth-order valence-electron chi connectivity index (χ4n) is 2.64. The molecule has 0 spiro atoms. The number of aromatic nitrogens is 3. The lowest BCUT2D eigenvalue weighted by Crippen LogP contribution is -2.12. The lowest BCUT2D eigenvalue weighted by Gasteiger charge is -2.07. The highest BCUT2D eigenvalue weighted by Crippen LogP contribution is 2.33. The zero-order chi connectivity index (χ0) is 18.8. The van der Waals surface area contributed by atoms with Crippen molar-refractivity contribution < 1.29 is 23.7 Å². The molecule has 1 aliphatic heterocycles. The van der Waals surface area contributed by atoms with E-state index in [1.165, 1.54) is 0 Å². The summed E-state index contributed by atoms with van der Waals surface area (Å²) in [5.41, 5.74) is 1.10. The molecule has 2 heterocycles. The van der Waals surface area contributed by atoms with Crippen molar-refractivity contribution >= 4 is 11.9 Å². The van der Waals surface area contributed by atoms with Gasteiger partial charge in [0.2, 0.25) is 12.7 Å². The van der Waals surface area contributed by atoms with Crippen LogP contribution in [0, 0.1) is 0 Å². The molecule has 2 aromatic carbocycles. The third-order valence-corrected chi connectivity index (χ3v) is 4.01. The average Bonchev–Trinajstić information content (AvgIpc) is 3.36. The lowest BCUT2D eigenvalue weighted by molar-refractivity contribution is 0.102. The minimum Gasteiger partial charge on any atom is -0.497 e. The van der Waals surface area contributed by atoms with Crippen molar-refractivity contribution in [3.05, 3.63) is 42.0 Å². The number of nitrogens with zero attached hydrogens (tertiary/aromatic N) is 2. The first-order chi connectivity index (χ1) is 13.2. The molecule has 2 N–H and O–H groups in total. The van der Waals surface area contributed by atoms with Gasteiger partial charge in [-0.05, 0) is 30.3 Å². The van der Waals surface area contributed by atoms with Gasteiger partial charge in [-0.1, -0.05) is 0 Å². The first-order valence-electron chi connectivity index (χ1n) is 8.03. The lowest BCUT2D eigenvalue weighted by atomic mass is 10.2. The molecule has 0 unspecified atom stereocenters. The molecule has 0 saturated heterocycles. The number of fused-ring (bicyclic) bond motifs is 1. The highest BCUT2D eigenvalue weighted by Gasteiger charge is 2.18. The molecule has 138 valence electrons.